The van der Waals surface area contributed by atoms with Gasteiger partial charge in [-0.1, -0.05) is 28.1 Å². The van der Waals surface area contributed by atoms with Crippen molar-refractivity contribution in [1.82, 2.24) is 10.6 Å². The number of nitrogens with one attached hydrogen (secondary N) is 2. The number of fused-ring (bicyclic) bond motifs is 1. The van der Waals surface area contributed by atoms with Gasteiger partial charge in [-0.25, -0.2) is 4.79 Å². The summed E-state index contributed by atoms with van der Waals surface area (Å²) in [5.41, 5.74) is 2.09. The Morgan fingerprint density at radius 3 is 2.88 bits per heavy atom. The Bertz CT molecular complexity index is 797. The van der Waals surface area contributed by atoms with Gasteiger partial charge in [0.15, 0.2) is 11.5 Å². The van der Waals surface area contributed by atoms with Crippen LogP contribution in [0.4, 0.5) is 10.5 Å². The molecule has 2 aliphatic heterocycles. The van der Waals surface area contributed by atoms with Gasteiger partial charge in [0.25, 0.3) is 0 Å². The summed E-state index contributed by atoms with van der Waals surface area (Å²) in [4.78, 5) is 14.5. The van der Waals surface area contributed by atoms with Crippen LogP contribution >= 0.6 is 15.9 Å². The lowest BCUT2D eigenvalue weighted by Gasteiger charge is -2.19. The van der Waals surface area contributed by atoms with Crippen LogP contribution in [0.1, 0.15) is 12.0 Å². The number of nitrogens with zero attached hydrogens (tertiary/aromatic N) is 1. The lowest BCUT2D eigenvalue weighted by atomic mass is 10.2. The molecule has 26 heavy (non-hydrogen) atoms. The first kappa shape index (κ1) is 17.0. The summed E-state index contributed by atoms with van der Waals surface area (Å²) in [7, 11) is 0. The number of anilines is 1. The predicted octanol–water partition coefficient (Wildman–Crippen LogP) is 3.26. The Morgan fingerprint density at radius 2 is 2.04 bits per heavy atom. The van der Waals surface area contributed by atoms with Crippen LogP contribution in [-0.4, -0.2) is 32.0 Å². The molecule has 0 radical (unpaired) electrons. The van der Waals surface area contributed by atoms with Gasteiger partial charge in [0, 0.05) is 41.4 Å². The minimum absolute atomic E-state index is 0.139. The zero-order valence-corrected chi connectivity index (χ0v) is 15.8. The van der Waals surface area contributed by atoms with Gasteiger partial charge in [0.05, 0.1) is 0 Å². The molecule has 2 aliphatic rings. The van der Waals surface area contributed by atoms with E-state index < -0.39 is 0 Å². The number of rotatable bonds is 4. The van der Waals surface area contributed by atoms with Gasteiger partial charge in [-0.3, -0.25) is 0 Å². The average molecular weight is 418 g/mol. The van der Waals surface area contributed by atoms with E-state index in [0.717, 1.165) is 41.0 Å². The normalized spacial score (nSPS) is 18.0. The molecule has 1 saturated heterocycles. The molecule has 7 heteroatoms. The van der Waals surface area contributed by atoms with Crippen molar-refractivity contribution in [3.8, 4) is 11.5 Å². The molecule has 0 spiro atoms. The number of carbonyl (C=O) groups excluding carboxylic acids is 1. The zero-order chi connectivity index (χ0) is 17.9. The van der Waals surface area contributed by atoms with Gasteiger partial charge in [0.2, 0.25) is 6.79 Å². The third kappa shape index (κ3) is 3.72. The second kappa shape index (κ2) is 7.45. The number of urea groups is 1. The van der Waals surface area contributed by atoms with Crippen LogP contribution in [0.25, 0.3) is 0 Å². The molecule has 2 amide bonds. The standard InChI is InChI=1S/C19H20BrN3O3/c20-14-4-6-16(7-5-14)23-9-8-15(11-23)22-19(24)21-10-13-2-1-3-17-18(13)26-12-25-17/h1-7,15H,8-12H2,(H2,21,22,24)/t15-/m0/s1. The maximum Gasteiger partial charge on any atom is 0.315 e. The van der Waals surface area contributed by atoms with Crippen LogP contribution in [0.5, 0.6) is 11.5 Å². The predicted molar refractivity (Wildman–Crippen MR) is 103 cm³/mol. The lowest BCUT2D eigenvalue weighted by molar-refractivity contribution is 0.173. The number of hydrogen-bond acceptors (Lipinski definition) is 4. The summed E-state index contributed by atoms with van der Waals surface area (Å²) < 4.78 is 11.9. The minimum Gasteiger partial charge on any atom is -0.454 e. The number of ether oxygens (including phenoxy) is 2. The van der Waals surface area contributed by atoms with Crippen molar-refractivity contribution >= 4 is 27.6 Å². The van der Waals surface area contributed by atoms with Crippen LogP contribution in [0.2, 0.25) is 0 Å². The zero-order valence-electron chi connectivity index (χ0n) is 14.2. The highest BCUT2D eigenvalue weighted by molar-refractivity contribution is 9.10. The van der Waals surface area contributed by atoms with E-state index in [1.54, 1.807) is 0 Å². The molecule has 4 rings (SSSR count). The molecule has 0 aromatic heterocycles. The summed E-state index contributed by atoms with van der Waals surface area (Å²) >= 11 is 3.45. The Balaban J connectivity index is 1.28. The first-order chi connectivity index (χ1) is 12.7. The van der Waals surface area contributed by atoms with Gasteiger partial charge < -0.3 is 25.0 Å². The molecule has 0 aliphatic carbocycles. The summed E-state index contributed by atoms with van der Waals surface area (Å²) in [5.74, 6) is 1.45. The monoisotopic (exact) mass is 417 g/mol. The highest BCUT2D eigenvalue weighted by Gasteiger charge is 2.24. The van der Waals surface area contributed by atoms with E-state index in [4.69, 9.17) is 9.47 Å². The van der Waals surface area contributed by atoms with Crippen molar-refractivity contribution in [1.29, 1.82) is 0 Å². The largest absolute Gasteiger partial charge is 0.454 e. The van der Waals surface area contributed by atoms with Crippen LogP contribution in [-0.2, 0) is 6.54 Å². The van der Waals surface area contributed by atoms with Crippen LogP contribution < -0.4 is 25.0 Å². The molecular formula is C19H20BrN3O3. The maximum absolute atomic E-state index is 12.2. The summed E-state index contributed by atoms with van der Waals surface area (Å²) in [6.45, 7) is 2.38. The molecule has 2 aromatic rings. The van der Waals surface area contributed by atoms with E-state index in [2.05, 4.69) is 43.6 Å². The van der Waals surface area contributed by atoms with E-state index in [1.807, 2.05) is 30.3 Å². The topological polar surface area (TPSA) is 62.8 Å². The highest BCUT2D eigenvalue weighted by atomic mass is 79.9. The SMILES string of the molecule is O=C(NCc1cccc2c1OCO2)N[C@H]1CCN(c2ccc(Br)cc2)C1. The minimum atomic E-state index is -0.163. The van der Waals surface area contributed by atoms with Crippen LogP contribution in [0.15, 0.2) is 46.9 Å². The fourth-order valence-electron chi connectivity index (χ4n) is 3.31. The number of amides is 2. The van der Waals surface area contributed by atoms with Gasteiger partial charge in [-0.2, -0.15) is 0 Å². The van der Waals surface area contributed by atoms with Crippen molar-refractivity contribution in [3.63, 3.8) is 0 Å². The van der Waals surface area contributed by atoms with Gasteiger partial charge in [0.1, 0.15) is 0 Å². The van der Waals surface area contributed by atoms with Gasteiger partial charge >= 0.3 is 6.03 Å². The number of benzene rings is 2. The Labute approximate surface area is 160 Å². The summed E-state index contributed by atoms with van der Waals surface area (Å²) in [6, 6.07) is 13.9. The smallest absolute Gasteiger partial charge is 0.315 e. The number of halogens is 1. The molecule has 2 heterocycles. The first-order valence-electron chi connectivity index (χ1n) is 8.61. The van der Waals surface area contributed by atoms with Gasteiger partial charge in [-0.15, -0.1) is 0 Å². The highest BCUT2D eigenvalue weighted by Crippen LogP contribution is 2.35. The van der Waals surface area contributed by atoms with Crippen molar-refractivity contribution in [3.05, 3.63) is 52.5 Å². The molecule has 1 fully saturated rings. The number of hydrogen-bond donors (Lipinski definition) is 2. The molecule has 2 aromatic carbocycles. The molecule has 136 valence electrons. The van der Waals surface area contributed by atoms with Crippen LogP contribution in [0.3, 0.4) is 0 Å². The second-order valence-corrected chi connectivity index (χ2v) is 7.30. The Kier molecular flexibility index (Phi) is 4.88. The molecule has 2 N–H and O–H groups in total. The second-order valence-electron chi connectivity index (χ2n) is 6.39. The fraction of sp³-hybridized carbons (Fsp3) is 0.316. The first-order valence-corrected chi connectivity index (χ1v) is 9.41. The lowest BCUT2D eigenvalue weighted by Crippen LogP contribution is -2.43. The molecule has 0 saturated carbocycles. The third-order valence-electron chi connectivity index (χ3n) is 4.63. The maximum atomic E-state index is 12.2. The molecule has 1 atom stereocenters. The Morgan fingerprint density at radius 1 is 1.19 bits per heavy atom. The van der Waals surface area contributed by atoms with Gasteiger partial charge in [-0.05, 0) is 36.8 Å². The van der Waals surface area contributed by atoms with E-state index in [1.165, 1.54) is 5.69 Å². The quantitative estimate of drug-likeness (QED) is 0.801. The number of para-hydroxylation sites is 1. The molecule has 0 bridgehead atoms. The third-order valence-corrected chi connectivity index (χ3v) is 5.16. The number of carbonyl (C=O) groups is 1. The fourth-order valence-corrected chi connectivity index (χ4v) is 3.57. The van der Waals surface area contributed by atoms with Crippen molar-refractivity contribution < 1.29 is 14.3 Å². The summed E-state index contributed by atoms with van der Waals surface area (Å²) in [6.07, 6.45) is 0.932. The van der Waals surface area contributed by atoms with Crippen molar-refractivity contribution in [2.24, 2.45) is 0 Å². The Hall–Kier alpha value is -2.41. The van der Waals surface area contributed by atoms with Crippen LogP contribution in [0, 0.1) is 0 Å². The van der Waals surface area contributed by atoms with E-state index in [0.29, 0.717) is 6.54 Å². The van der Waals surface area contributed by atoms with E-state index in [9.17, 15) is 4.79 Å². The van der Waals surface area contributed by atoms with Crippen molar-refractivity contribution in [2.75, 3.05) is 24.8 Å². The summed E-state index contributed by atoms with van der Waals surface area (Å²) in [5, 5.41) is 5.96. The van der Waals surface area contributed by atoms with E-state index in [-0.39, 0.29) is 18.9 Å². The van der Waals surface area contributed by atoms with Crippen molar-refractivity contribution in [2.45, 2.75) is 19.0 Å². The molecular weight excluding hydrogens is 398 g/mol. The average Bonchev–Trinajstić information content (AvgIpc) is 3.30. The molecule has 0 unspecified atom stereocenters. The van der Waals surface area contributed by atoms with E-state index >= 15 is 0 Å². The molecule has 6 nitrogen and oxygen atoms in total.